The number of halogens is 1. The van der Waals surface area contributed by atoms with Gasteiger partial charge in [-0.15, -0.1) is 0 Å². The van der Waals surface area contributed by atoms with Crippen LogP contribution in [0.15, 0.2) is 71.2 Å². The Balaban J connectivity index is 1.49. The van der Waals surface area contributed by atoms with E-state index in [0.717, 1.165) is 16.5 Å². The lowest BCUT2D eigenvalue weighted by molar-refractivity contribution is 0.0474. The molecule has 1 aliphatic carbocycles. The van der Waals surface area contributed by atoms with Crippen LogP contribution in [0.1, 0.15) is 31.8 Å². The first kappa shape index (κ1) is 16.7. The van der Waals surface area contributed by atoms with Crippen molar-refractivity contribution in [2.45, 2.75) is 6.42 Å². The maximum absolute atomic E-state index is 12.5. The van der Waals surface area contributed by atoms with Gasteiger partial charge in [-0.25, -0.2) is 4.79 Å². The van der Waals surface area contributed by atoms with E-state index in [0.29, 0.717) is 11.1 Å². The number of hydrogen-bond acceptors (Lipinski definition) is 3. The van der Waals surface area contributed by atoms with E-state index in [4.69, 9.17) is 4.74 Å². The predicted molar refractivity (Wildman–Crippen MR) is 103 cm³/mol. The molecule has 128 valence electrons. The molecule has 0 heterocycles. The molecular formula is C22H15BrO3. The number of carbonyl (C=O) groups excluding carboxylic acids is 2. The average molecular weight is 407 g/mol. The maximum Gasteiger partial charge on any atom is 0.338 e. The van der Waals surface area contributed by atoms with Crippen molar-refractivity contribution in [2.75, 3.05) is 6.61 Å². The Kier molecular flexibility index (Phi) is 4.43. The van der Waals surface area contributed by atoms with E-state index in [9.17, 15) is 9.59 Å². The standard InChI is InChI=1S/C22H15BrO3/c23-18-6-3-5-17(11-18)22(25)26-13-21(24)16-9-8-15-10-14-4-1-2-7-19(14)20(15)12-16/h1-9,11-12H,10,13H2. The molecule has 3 nitrogen and oxygen atoms in total. The van der Waals surface area contributed by atoms with Crippen LogP contribution >= 0.6 is 15.9 Å². The first-order chi connectivity index (χ1) is 12.6. The van der Waals surface area contributed by atoms with Crippen LogP contribution in [0.5, 0.6) is 0 Å². The van der Waals surface area contributed by atoms with Crippen LogP contribution < -0.4 is 0 Å². The van der Waals surface area contributed by atoms with E-state index in [-0.39, 0.29) is 12.4 Å². The van der Waals surface area contributed by atoms with Crippen LogP contribution in [0.25, 0.3) is 11.1 Å². The Morgan fingerprint density at radius 2 is 1.65 bits per heavy atom. The summed E-state index contributed by atoms with van der Waals surface area (Å²) >= 11 is 3.31. The normalized spacial score (nSPS) is 11.6. The van der Waals surface area contributed by atoms with Gasteiger partial charge < -0.3 is 4.74 Å². The minimum atomic E-state index is -0.508. The average Bonchev–Trinajstić information content (AvgIpc) is 3.03. The fourth-order valence-electron chi connectivity index (χ4n) is 3.21. The molecule has 0 unspecified atom stereocenters. The molecule has 4 heteroatoms. The first-order valence-electron chi connectivity index (χ1n) is 8.29. The number of fused-ring (bicyclic) bond motifs is 3. The molecule has 0 N–H and O–H groups in total. The zero-order valence-electron chi connectivity index (χ0n) is 13.9. The number of esters is 1. The van der Waals surface area contributed by atoms with Crippen LogP contribution in [0.2, 0.25) is 0 Å². The Morgan fingerprint density at radius 1 is 0.846 bits per heavy atom. The minimum absolute atomic E-state index is 0.208. The Hall–Kier alpha value is -2.72. The van der Waals surface area contributed by atoms with Gasteiger partial charge in [-0.3, -0.25) is 4.79 Å². The largest absolute Gasteiger partial charge is 0.454 e. The number of carbonyl (C=O) groups is 2. The van der Waals surface area contributed by atoms with Crippen molar-refractivity contribution in [1.29, 1.82) is 0 Å². The van der Waals surface area contributed by atoms with Gasteiger partial charge in [0.15, 0.2) is 12.4 Å². The van der Waals surface area contributed by atoms with Gasteiger partial charge in [0.25, 0.3) is 0 Å². The zero-order valence-corrected chi connectivity index (χ0v) is 15.5. The smallest absolute Gasteiger partial charge is 0.338 e. The van der Waals surface area contributed by atoms with Gasteiger partial charge >= 0.3 is 5.97 Å². The van der Waals surface area contributed by atoms with Gasteiger partial charge in [-0.1, -0.05) is 58.4 Å². The fraction of sp³-hybridized carbons (Fsp3) is 0.0909. The van der Waals surface area contributed by atoms with Crippen molar-refractivity contribution in [3.63, 3.8) is 0 Å². The van der Waals surface area contributed by atoms with Gasteiger partial charge in [0.1, 0.15) is 0 Å². The van der Waals surface area contributed by atoms with Gasteiger partial charge in [0, 0.05) is 10.0 Å². The molecule has 3 aromatic rings. The molecule has 1 aliphatic rings. The highest BCUT2D eigenvalue weighted by Crippen LogP contribution is 2.36. The van der Waals surface area contributed by atoms with E-state index in [1.54, 1.807) is 24.3 Å². The molecule has 0 bridgehead atoms. The summed E-state index contributed by atoms with van der Waals surface area (Å²) in [6.07, 6.45) is 0.887. The number of benzene rings is 3. The van der Waals surface area contributed by atoms with E-state index >= 15 is 0 Å². The molecule has 0 radical (unpaired) electrons. The molecule has 3 aromatic carbocycles. The van der Waals surface area contributed by atoms with Crippen molar-refractivity contribution >= 4 is 27.7 Å². The summed E-state index contributed by atoms with van der Waals surface area (Å²) in [6.45, 7) is -0.272. The van der Waals surface area contributed by atoms with E-state index in [1.807, 2.05) is 30.3 Å². The number of rotatable bonds is 4. The number of ketones is 1. The molecule has 0 atom stereocenters. The molecular weight excluding hydrogens is 392 g/mol. The topological polar surface area (TPSA) is 43.4 Å². The summed E-state index contributed by atoms with van der Waals surface area (Å²) < 4.78 is 5.97. The lowest BCUT2D eigenvalue weighted by atomic mass is 10.0. The lowest BCUT2D eigenvalue weighted by Crippen LogP contribution is -2.14. The Morgan fingerprint density at radius 3 is 2.50 bits per heavy atom. The Labute approximate surface area is 159 Å². The van der Waals surface area contributed by atoms with E-state index in [2.05, 4.69) is 28.1 Å². The summed E-state index contributed by atoms with van der Waals surface area (Å²) in [5, 5.41) is 0. The third-order valence-electron chi connectivity index (χ3n) is 4.51. The monoisotopic (exact) mass is 406 g/mol. The fourth-order valence-corrected chi connectivity index (χ4v) is 3.61. The van der Waals surface area contributed by atoms with Crippen molar-refractivity contribution < 1.29 is 14.3 Å². The lowest BCUT2D eigenvalue weighted by Gasteiger charge is -2.07. The van der Waals surface area contributed by atoms with Gasteiger partial charge in [0.2, 0.25) is 0 Å². The highest BCUT2D eigenvalue weighted by Gasteiger charge is 2.20. The SMILES string of the molecule is O=C(COC(=O)c1cccc(Br)c1)c1ccc2c(c1)-c1ccccc1C2. The zero-order chi connectivity index (χ0) is 18.1. The van der Waals surface area contributed by atoms with E-state index in [1.165, 1.54) is 16.7 Å². The highest BCUT2D eigenvalue weighted by molar-refractivity contribution is 9.10. The van der Waals surface area contributed by atoms with E-state index < -0.39 is 5.97 Å². The maximum atomic E-state index is 12.5. The molecule has 0 fully saturated rings. The number of ether oxygens (including phenoxy) is 1. The van der Waals surface area contributed by atoms with Crippen molar-refractivity contribution in [1.82, 2.24) is 0 Å². The first-order valence-corrected chi connectivity index (χ1v) is 9.08. The second kappa shape index (κ2) is 6.89. The molecule has 0 spiro atoms. The Bertz CT molecular complexity index is 1020. The molecule has 0 aliphatic heterocycles. The second-order valence-corrected chi connectivity index (χ2v) is 7.13. The second-order valence-electron chi connectivity index (χ2n) is 6.22. The van der Waals surface area contributed by atoms with Crippen molar-refractivity contribution in [3.8, 4) is 11.1 Å². The molecule has 0 saturated heterocycles. The third kappa shape index (κ3) is 3.20. The molecule has 0 amide bonds. The molecule has 4 rings (SSSR count). The summed E-state index contributed by atoms with van der Waals surface area (Å²) in [6, 6.07) is 20.8. The van der Waals surface area contributed by atoms with Crippen LogP contribution in [0, 0.1) is 0 Å². The van der Waals surface area contributed by atoms with Crippen molar-refractivity contribution in [3.05, 3.63) is 93.5 Å². The number of Topliss-reactive ketones (excluding diaryl/α,β-unsaturated/α-hetero) is 1. The van der Waals surface area contributed by atoms with Gasteiger partial charge in [-0.05, 0) is 52.9 Å². The molecule has 0 saturated carbocycles. The molecule has 0 aromatic heterocycles. The minimum Gasteiger partial charge on any atom is -0.454 e. The summed E-state index contributed by atoms with van der Waals surface area (Å²) in [7, 11) is 0. The quantitative estimate of drug-likeness (QED) is 0.351. The number of hydrogen-bond donors (Lipinski definition) is 0. The predicted octanol–water partition coefficient (Wildman–Crippen LogP) is 5.06. The third-order valence-corrected chi connectivity index (χ3v) is 5.01. The van der Waals surface area contributed by atoms with Crippen LogP contribution in [0.4, 0.5) is 0 Å². The van der Waals surface area contributed by atoms with Crippen LogP contribution in [-0.4, -0.2) is 18.4 Å². The van der Waals surface area contributed by atoms with Crippen LogP contribution in [-0.2, 0) is 11.2 Å². The van der Waals surface area contributed by atoms with Gasteiger partial charge in [0.05, 0.1) is 5.56 Å². The molecule has 26 heavy (non-hydrogen) atoms. The van der Waals surface area contributed by atoms with Crippen molar-refractivity contribution in [2.24, 2.45) is 0 Å². The summed E-state index contributed by atoms with van der Waals surface area (Å²) in [4.78, 5) is 24.6. The summed E-state index contributed by atoms with van der Waals surface area (Å²) in [5.74, 6) is -0.716. The summed E-state index contributed by atoms with van der Waals surface area (Å²) in [5.41, 5.74) is 5.72. The van der Waals surface area contributed by atoms with Gasteiger partial charge in [-0.2, -0.15) is 0 Å². The highest BCUT2D eigenvalue weighted by atomic mass is 79.9. The van der Waals surface area contributed by atoms with Crippen LogP contribution in [0.3, 0.4) is 0 Å².